The summed E-state index contributed by atoms with van der Waals surface area (Å²) in [5, 5.41) is 4.94. The summed E-state index contributed by atoms with van der Waals surface area (Å²) in [6.07, 6.45) is 0. The van der Waals surface area contributed by atoms with E-state index in [2.05, 4.69) is 299 Å². The number of fused-ring (bicyclic) bond motifs is 15. The van der Waals surface area contributed by atoms with E-state index in [9.17, 15) is 0 Å². The van der Waals surface area contributed by atoms with Crippen LogP contribution in [0.15, 0.2) is 285 Å². The van der Waals surface area contributed by atoms with Gasteiger partial charge in [-0.25, -0.2) is 0 Å². The minimum Gasteiger partial charge on any atom is -0.310 e. The van der Waals surface area contributed by atoms with Gasteiger partial charge in [0.1, 0.15) is 0 Å². The Balaban J connectivity index is 0.941. The normalized spacial score (nSPS) is 12.8. The zero-order valence-corrected chi connectivity index (χ0v) is 41.5. The summed E-state index contributed by atoms with van der Waals surface area (Å²) < 4.78 is 4.93. The van der Waals surface area contributed by atoms with Crippen molar-refractivity contribution in [3.63, 3.8) is 0 Å². The van der Waals surface area contributed by atoms with Gasteiger partial charge in [0.25, 0.3) is 0 Å². The number of hydrogen-bond acceptors (Lipinski definition) is 1. The van der Waals surface area contributed by atoms with Gasteiger partial charge in [0, 0.05) is 44.2 Å². The van der Waals surface area contributed by atoms with Crippen LogP contribution in [0.1, 0.15) is 22.3 Å². The molecule has 14 aromatic rings. The molecule has 3 heterocycles. The van der Waals surface area contributed by atoms with Gasteiger partial charge in [-0.2, -0.15) is 0 Å². The predicted molar refractivity (Wildman–Crippen MR) is 317 cm³/mol. The molecule has 1 aliphatic carbocycles. The molecule has 1 aliphatic heterocycles. The van der Waals surface area contributed by atoms with Crippen molar-refractivity contribution in [2.75, 3.05) is 4.90 Å². The molecule has 0 amide bonds. The second-order valence-corrected chi connectivity index (χ2v) is 20.4. The van der Waals surface area contributed by atoms with Crippen molar-refractivity contribution >= 4 is 60.7 Å². The molecule has 76 heavy (non-hydrogen) atoms. The van der Waals surface area contributed by atoms with Crippen LogP contribution in [0, 0.1) is 0 Å². The van der Waals surface area contributed by atoms with Crippen molar-refractivity contribution in [1.29, 1.82) is 0 Å². The highest BCUT2D eigenvalue weighted by Crippen LogP contribution is 2.62. The SMILES string of the molecule is c1ccc(-c2ccc(-c3ccccc3N(c3ccc(-c4ccc5c(c4)c4ccccc4n5-c4ccccc4)cc3)c3cc4c5c(c3)c3ccccc3n5-c3ccccc3C43c4ccccc4-c4ccccc43)cc2)cc1. The number of nitrogens with zero attached hydrogens (tertiary/aromatic N) is 3. The fraction of sp³-hybridized carbons (Fsp3) is 0.0137. The van der Waals surface area contributed by atoms with Gasteiger partial charge in [0.15, 0.2) is 0 Å². The first-order valence-electron chi connectivity index (χ1n) is 26.3. The van der Waals surface area contributed by atoms with Gasteiger partial charge in [-0.05, 0) is 134 Å². The van der Waals surface area contributed by atoms with E-state index in [1.807, 2.05) is 0 Å². The largest absolute Gasteiger partial charge is 0.310 e. The highest BCUT2D eigenvalue weighted by Gasteiger charge is 2.51. The van der Waals surface area contributed by atoms with Crippen LogP contribution in [0.25, 0.3) is 99.5 Å². The van der Waals surface area contributed by atoms with Crippen molar-refractivity contribution in [1.82, 2.24) is 9.13 Å². The third-order valence-electron chi connectivity index (χ3n) is 16.5. The van der Waals surface area contributed by atoms with Crippen LogP contribution in [0.5, 0.6) is 0 Å². The van der Waals surface area contributed by atoms with E-state index in [4.69, 9.17) is 0 Å². The van der Waals surface area contributed by atoms with Crippen LogP contribution in [0.4, 0.5) is 17.1 Å². The maximum absolute atomic E-state index is 2.55. The molecule has 0 fully saturated rings. The van der Waals surface area contributed by atoms with Crippen LogP contribution in [-0.4, -0.2) is 9.13 Å². The van der Waals surface area contributed by atoms with E-state index in [1.54, 1.807) is 0 Å². The van der Waals surface area contributed by atoms with E-state index in [0.29, 0.717) is 0 Å². The van der Waals surface area contributed by atoms with Gasteiger partial charge in [0.2, 0.25) is 0 Å². The lowest BCUT2D eigenvalue weighted by atomic mass is 9.65. The smallest absolute Gasteiger partial charge is 0.0755 e. The summed E-state index contributed by atoms with van der Waals surface area (Å²) in [6, 6.07) is 106. The molecule has 2 aliphatic rings. The molecule has 0 unspecified atom stereocenters. The average molecular weight is 966 g/mol. The Bertz CT molecular complexity index is 4570. The molecule has 16 rings (SSSR count). The third-order valence-corrected chi connectivity index (χ3v) is 16.5. The molecular weight excluding hydrogens is 919 g/mol. The van der Waals surface area contributed by atoms with E-state index in [1.165, 1.54) is 99.4 Å². The number of rotatable bonds is 7. The molecule has 0 N–H and O–H groups in total. The first-order chi connectivity index (χ1) is 37.7. The zero-order valence-electron chi connectivity index (χ0n) is 41.5. The summed E-state index contributed by atoms with van der Waals surface area (Å²) in [4.78, 5) is 2.52. The Morgan fingerprint density at radius 3 is 1.50 bits per heavy atom. The maximum Gasteiger partial charge on any atom is 0.0755 e. The first kappa shape index (κ1) is 42.5. The molecule has 3 heteroatoms. The van der Waals surface area contributed by atoms with Crippen LogP contribution in [0.2, 0.25) is 0 Å². The molecule has 354 valence electrons. The molecule has 2 aromatic heterocycles. The summed E-state index contributed by atoms with van der Waals surface area (Å²) in [7, 11) is 0. The Hall–Kier alpha value is -9.96. The number of anilines is 3. The van der Waals surface area contributed by atoms with Crippen LogP contribution in [0.3, 0.4) is 0 Å². The summed E-state index contributed by atoms with van der Waals surface area (Å²) >= 11 is 0. The quantitative estimate of drug-likeness (QED) is 0.155. The van der Waals surface area contributed by atoms with E-state index < -0.39 is 5.41 Å². The van der Waals surface area contributed by atoms with Crippen molar-refractivity contribution in [2.24, 2.45) is 0 Å². The lowest BCUT2D eigenvalue weighted by Crippen LogP contribution is -2.33. The second-order valence-electron chi connectivity index (χ2n) is 20.4. The maximum atomic E-state index is 2.55. The van der Waals surface area contributed by atoms with Crippen molar-refractivity contribution in [3.05, 3.63) is 307 Å². The molecular formula is C73H47N3. The molecule has 0 bridgehead atoms. The van der Waals surface area contributed by atoms with Gasteiger partial charge in [-0.15, -0.1) is 0 Å². The first-order valence-corrected chi connectivity index (χ1v) is 26.3. The highest BCUT2D eigenvalue weighted by atomic mass is 15.1. The third kappa shape index (κ3) is 6.05. The predicted octanol–water partition coefficient (Wildman–Crippen LogP) is 19.0. The Kier molecular flexibility index (Phi) is 9.25. The minimum absolute atomic E-state index is 0.590. The van der Waals surface area contributed by atoms with Gasteiger partial charge >= 0.3 is 0 Å². The molecule has 0 atom stereocenters. The Labute approximate surface area is 441 Å². The number of benzene rings is 12. The fourth-order valence-electron chi connectivity index (χ4n) is 13.3. The average Bonchev–Trinajstić information content (AvgIpc) is 4.32. The van der Waals surface area contributed by atoms with E-state index in [-0.39, 0.29) is 0 Å². The molecule has 12 aromatic carbocycles. The van der Waals surface area contributed by atoms with E-state index >= 15 is 0 Å². The molecule has 1 spiro atoms. The Morgan fingerprint density at radius 2 is 0.776 bits per heavy atom. The second kappa shape index (κ2) is 16.5. The van der Waals surface area contributed by atoms with Gasteiger partial charge < -0.3 is 14.0 Å². The van der Waals surface area contributed by atoms with Gasteiger partial charge in [0.05, 0.1) is 38.9 Å². The van der Waals surface area contributed by atoms with Gasteiger partial charge in [-0.1, -0.05) is 212 Å². The molecule has 0 saturated heterocycles. The lowest BCUT2D eigenvalue weighted by molar-refractivity contribution is 0.748. The number of para-hydroxylation sites is 5. The van der Waals surface area contributed by atoms with Crippen LogP contribution in [-0.2, 0) is 5.41 Å². The van der Waals surface area contributed by atoms with Crippen LogP contribution >= 0.6 is 0 Å². The Morgan fingerprint density at radius 1 is 0.276 bits per heavy atom. The van der Waals surface area contributed by atoms with Gasteiger partial charge in [-0.3, -0.25) is 0 Å². The van der Waals surface area contributed by atoms with Crippen molar-refractivity contribution in [3.8, 4) is 55.9 Å². The molecule has 0 radical (unpaired) electrons. The minimum atomic E-state index is -0.590. The standard InChI is InChI=1S/C73H47N3/c1-3-19-48(20-4-1)49-35-37-51(38-36-49)56-23-9-15-31-67(56)74(54-42-39-50(40-43-54)52-41-44-70-61(45-52)59-26-10-16-32-68(59)75(70)53-21-5-2-6-22-53)55-46-62-60-27-11-17-33-69(60)76-71-34-18-14-30-65(71)73(66(47-55)72(62)76)63-28-12-7-24-57(63)58-25-8-13-29-64(58)73/h1-47H. The summed E-state index contributed by atoms with van der Waals surface area (Å²) in [5.41, 5.74) is 24.7. The topological polar surface area (TPSA) is 13.1 Å². The van der Waals surface area contributed by atoms with Crippen LogP contribution < -0.4 is 4.90 Å². The summed E-state index contributed by atoms with van der Waals surface area (Å²) in [6.45, 7) is 0. The van der Waals surface area contributed by atoms with E-state index in [0.717, 1.165) is 39.4 Å². The monoisotopic (exact) mass is 965 g/mol. The molecule has 0 saturated carbocycles. The zero-order chi connectivity index (χ0) is 49.9. The number of hydrogen-bond donors (Lipinski definition) is 0. The van der Waals surface area contributed by atoms with Crippen molar-refractivity contribution < 1.29 is 0 Å². The lowest BCUT2D eigenvalue weighted by Gasteiger charge is -2.40. The van der Waals surface area contributed by atoms with Crippen molar-refractivity contribution in [2.45, 2.75) is 5.41 Å². The summed E-state index contributed by atoms with van der Waals surface area (Å²) in [5.74, 6) is 0. The highest BCUT2D eigenvalue weighted by molar-refractivity contribution is 6.15. The fourth-order valence-corrected chi connectivity index (χ4v) is 13.3. The number of aromatic nitrogens is 2. The molecule has 3 nitrogen and oxygen atoms in total.